The van der Waals surface area contributed by atoms with E-state index in [9.17, 15) is 9.59 Å². The molecule has 0 saturated carbocycles. The Balaban J connectivity index is 1.59. The van der Waals surface area contributed by atoms with Gasteiger partial charge < -0.3 is 14.6 Å². The van der Waals surface area contributed by atoms with Crippen molar-refractivity contribution in [3.8, 4) is 10.6 Å². The van der Waals surface area contributed by atoms with Gasteiger partial charge in [0.2, 0.25) is 5.91 Å². The highest BCUT2D eigenvalue weighted by molar-refractivity contribution is 7.15. The third-order valence-electron chi connectivity index (χ3n) is 3.31. The van der Waals surface area contributed by atoms with E-state index in [4.69, 9.17) is 4.42 Å². The van der Waals surface area contributed by atoms with Crippen LogP contribution in [0.25, 0.3) is 10.6 Å². The Hall–Kier alpha value is -2.87. The molecule has 8 heteroatoms. The molecule has 0 radical (unpaired) electrons. The molecule has 2 N–H and O–H groups in total. The van der Waals surface area contributed by atoms with E-state index in [1.807, 2.05) is 19.1 Å². The minimum absolute atomic E-state index is 0.0974. The number of aromatic nitrogens is 2. The Morgan fingerprint density at radius 1 is 1.38 bits per heavy atom. The summed E-state index contributed by atoms with van der Waals surface area (Å²) in [7, 11) is 1.54. The lowest BCUT2D eigenvalue weighted by Crippen LogP contribution is -2.34. The molecule has 0 aromatic carbocycles. The van der Waals surface area contributed by atoms with Crippen LogP contribution in [0.5, 0.6) is 0 Å². The van der Waals surface area contributed by atoms with Crippen LogP contribution in [-0.2, 0) is 4.79 Å². The van der Waals surface area contributed by atoms with Crippen molar-refractivity contribution >= 4 is 29.0 Å². The van der Waals surface area contributed by atoms with E-state index >= 15 is 0 Å². The largest absolute Gasteiger partial charge is 0.459 e. The van der Waals surface area contributed by atoms with Gasteiger partial charge in [-0.15, -0.1) is 11.3 Å². The highest BCUT2D eigenvalue weighted by Gasteiger charge is 2.17. The molecule has 124 valence electrons. The van der Waals surface area contributed by atoms with E-state index in [2.05, 4.69) is 15.5 Å². The van der Waals surface area contributed by atoms with E-state index in [1.165, 1.54) is 23.1 Å². The number of amides is 2. The summed E-state index contributed by atoms with van der Waals surface area (Å²) in [6.45, 7) is 1.93. The molecule has 3 aromatic rings. The Bertz CT molecular complexity index is 850. The third kappa shape index (κ3) is 3.54. The molecule has 0 saturated heterocycles. The molecule has 3 rings (SSSR count). The van der Waals surface area contributed by atoms with Gasteiger partial charge in [-0.25, -0.2) is 0 Å². The standard InChI is InChI=1S/C16H16N4O3S/c1-10-5-6-13(24-10)11-8-14(19-18-11)17-15(21)9-20(2)16(22)12-4-3-7-23-12/h3-8H,9H2,1-2H3,(H2,17,18,19,21). The summed E-state index contributed by atoms with van der Waals surface area (Å²) in [6, 6.07) is 8.96. The molecule has 0 aliphatic rings. The first-order valence-corrected chi connectivity index (χ1v) is 8.05. The highest BCUT2D eigenvalue weighted by Crippen LogP contribution is 2.27. The average molecular weight is 344 g/mol. The molecule has 0 spiro atoms. The van der Waals surface area contributed by atoms with Crippen molar-refractivity contribution in [2.45, 2.75) is 6.92 Å². The van der Waals surface area contributed by atoms with Crippen molar-refractivity contribution in [2.75, 3.05) is 18.9 Å². The number of nitrogens with zero attached hydrogens (tertiary/aromatic N) is 2. The van der Waals surface area contributed by atoms with E-state index in [-0.39, 0.29) is 24.1 Å². The zero-order chi connectivity index (χ0) is 17.1. The predicted octanol–water partition coefficient (Wildman–Crippen LogP) is 2.75. The lowest BCUT2D eigenvalue weighted by molar-refractivity contribution is -0.116. The maximum Gasteiger partial charge on any atom is 0.289 e. The summed E-state index contributed by atoms with van der Waals surface area (Å²) in [6.07, 6.45) is 1.42. The normalized spacial score (nSPS) is 10.6. The number of rotatable bonds is 5. The molecule has 7 nitrogen and oxygen atoms in total. The van der Waals surface area contributed by atoms with Crippen LogP contribution in [0, 0.1) is 6.92 Å². The maximum atomic E-state index is 12.1. The fourth-order valence-corrected chi connectivity index (χ4v) is 2.98. The van der Waals surface area contributed by atoms with Gasteiger partial charge in [0.15, 0.2) is 11.6 Å². The van der Waals surface area contributed by atoms with Crippen molar-refractivity contribution in [1.29, 1.82) is 0 Å². The van der Waals surface area contributed by atoms with Crippen molar-refractivity contribution in [2.24, 2.45) is 0 Å². The quantitative estimate of drug-likeness (QED) is 0.744. The fourth-order valence-electron chi connectivity index (χ4n) is 2.15. The first kappa shape index (κ1) is 16.0. The molecule has 0 atom stereocenters. The molecule has 3 aromatic heterocycles. The van der Waals surface area contributed by atoms with E-state index < -0.39 is 0 Å². The second-order valence-electron chi connectivity index (χ2n) is 5.26. The van der Waals surface area contributed by atoms with E-state index in [0.717, 1.165) is 10.6 Å². The smallest absolute Gasteiger partial charge is 0.289 e. The zero-order valence-electron chi connectivity index (χ0n) is 13.2. The van der Waals surface area contributed by atoms with Gasteiger partial charge in [0.25, 0.3) is 5.91 Å². The van der Waals surface area contributed by atoms with Crippen LogP contribution < -0.4 is 5.32 Å². The molecule has 0 bridgehead atoms. The number of carbonyl (C=O) groups is 2. The monoisotopic (exact) mass is 344 g/mol. The third-order valence-corrected chi connectivity index (χ3v) is 4.34. The summed E-state index contributed by atoms with van der Waals surface area (Å²) in [5, 5.41) is 9.63. The minimum Gasteiger partial charge on any atom is -0.459 e. The van der Waals surface area contributed by atoms with Crippen LogP contribution in [0.4, 0.5) is 5.82 Å². The second-order valence-corrected chi connectivity index (χ2v) is 6.55. The van der Waals surface area contributed by atoms with Gasteiger partial charge in [-0.2, -0.15) is 5.10 Å². The van der Waals surface area contributed by atoms with E-state index in [1.54, 1.807) is 29.5 Å². The van der Waals surface area contributed by atoms with Gasteiger partial charge in [0, 0.05) is 18.0 Å². The lowest BCUT2D eigenvalue weighted by Gasteiger charge is -2.14. The Morgan fingerprint density at radius 2 is 2.21 bits per heavy atom. The highest BCUT2D eigenvalue weighted by atomic mass is 32.1. The number of thiophene rings is 1. The summed E-state index contributed by atoms with van der Waals surface area (Å²) in [5.41, 5.74) is 0.836. The topological polar surface area (TPSA) is 91.2 Å². The number of H-pyrrole nitrogens is 1. The minimum atomic E-state index is -0.355. The molecule has 0 unspecified atom stereocenters. The number of aryl methyl sites for hydroxylation is 1. The molecule has 0 fully saturated rings. The summed E-state index contributed by atoms with van der Waals surface area (Å²) < 4.78 is 5.03. The summed E-state index contributed by atoms with van der Waals surface area (Å²) >= 11 is 1.64. The van der Waals surface area contributed by atoms with Crippen molar-refractivity contribution in [3.05, 3.63) is 47.2 Å². The van der Waals surface area contributed by atoms with Crippen LogP contribution in [0.1, 0.15) is 15.4 Å². The first-order valence-electron chi connectivity index (χ1n) is 7.24. The van der Waals surface area contributed by atoms with Crippen molar-refractivity contribution < 1.29 is 14.0 Å². The van der Waals surface area contributed by atoms with Gasteiger partial charge in [-0.1, -0.05) is 0 Å². The van der Waals surface area contributed by atoms with Gasteiger partial charge in [0.05, 0.1) is 16.8 Å². The number of anilines is 1. The van der Waals surface area contributed by atoms with Gasteiger partial charge in [-0.05, 0) is 31.2 Å². The number of carbonyl (C=O) groups excluding carboxylic acids is 2. The number of likely N-dealkylation sites (N-methyl/N-ethyl adjacent to an activating group) is 1. The Kier molecular flexibility index (Phi) is 4.48. The van der Waals surface area contributed by atoms with Gasteiger partial charge in [0.1, 0.15) is 6.54 Å². The fraction of sp³-hybridized carbons (Fsp3) is 0.188. The van der Waals surface area contributed by atoms with Crippen LogP contribution in [-0.4, -0.2) is 40.5 Å². The van der Waals surface area contributed by atoms with E-state index in [0.29, 0.717) is 5.82 Å². The van der Waals surface area contributed by atoms with Crippen LogP contribution in [0.2, 0.25) is 0 Å². The van der Waals surface area contributed by atoms with Crippen molar-refractivity contribution in [1.82, 2.24) is 15.1 Å². The molecular weight excluding hydrogens is 328 g/mol. The van der Waals surface area contributed by atoms with Crippen molar-refractivity contribution in [3.63, 3.8) is 0 Å². The molecule has 3 heterocycles. The first-order chi connectivity index (χ1) is 11.5. The lowest BCUT2D eigenvalue weighted by atomic mass is 10.3. The summed E-state index contributed by atoms with van der Waals surface area (Å²) in [4.78, 5) is 27.6. The second kappa shape index (κ2) is 6.71. The maximum absolute atomic E-state index is 12.1. The molecular formula is C16H16N4O3S. The number of furan rings is 1. The number of hydrogen-bond donors (Lipinski definition) is 2. The SMILES string of the molecule is Cc1ccc(-c2cc(NC(=O)CN(C)C(=O)c3ccco3)n[nH]2)s1. The van der Waals surface area contributed by atoms with Crippen LogP contribution in [0.3, 0.4) is 0 Å². The number of hydrogen-bond acceptors (Lipinski definition) is 5. The average Bonchev–Trinajstić information content (AvgIpc) is 3.26. The Morgan fingerprint density at radius 3 is 2.88 bits per heavy atom. The molecule has 0 aliphatic carbocycles. The van der Waals surface area contributed by atoms with Gasteiger partial charge in [-0.3, -0.25) is 14.7 Å². The van der Waals surface area contributed by atoms with Gasteiger partial charge >= 0.3 is 0 Å². The molecule has 0 aliphatic heterocycles. The van der Waals surface area contributed by atoms with Crippen LogP contribution >= 0.6 is 11.3 Å². The van der Waals surface area contributed by atoms with Crippen LogP contribution in [0.15, 0.2) is 41.0 Å². The number of aromatic amines is 1. The molecule has 2 amide bonds. The summed E-state index contributed by atoms with van der Waals surface area (Å²) in [5.74, 6) is -0.0786. The number of nitrogens with one attached hydrogen (secondary N) is 2. The molecule has 24 heavy (non-hydrogen) atoms. The Labute approximate surface area is 142 Å². The zero-order valence-corrected chi connectivity index (χ0v) is 14.0. The predicted molar refractivity (Wildman–Crippen MR) is 90.9 cm³/mol.